The average molecular weight is 588 g/mol. The minimum Gasteiger partial charge on any atom is -0.489 e. The molecular formula is C31H33ClF3N3O3. The van der Waals surface area contributed by atoms with E-state index in [1.807, 2.05) is 29.2 Å². The Morgan fingerprint density at radius 2 is 1.54 bits per heavy atom. The molecule has 1 fully saturated rings. The molecule has 1 aliphatic rings. The third-order valence-corrected chi connectivity index (χ3v) is 7.24. The van der Waals surface area contributed by atoms with Gasteiger partial charge in [0.25, 0.3) is 5.91 Å². The van der Waals surface area contributed by atoms with E-state index in [2.05, 4.69) is 38.2 Å². The number of carbonyl (C=O) groups is 2. The molecule has 1 aliphatic heterocycles. The highest BCUT2D eigenvalue weighted by molar-refractivity contribution is 6.31. The first kappa shape index (κ1) is 30.4. The van der Waals surface area contributed by atoms with Crippen molar-refractivity contribution >= 4 is 29.1 Å². The molecule has 3 aromatic carbocycles. The molecular weight excluding hydrogens is 555 g/mol. The van der Waals surface area contributed by atoms with Crippen molar-refractivity contribution in [1.29, 1.82) is 0 Å². The van der Waals surface area contributed by atoms with Crippen LogP contribution in [0.25, 0.3) is 0 Å². The fourth-order valence-electron chi connectivity index (χ4n) is 4.48. The molecule has 0 spiro atoms. The first-order chi connectivity index (χ1) is 19.3. The number of ether oxygens (including phenoxy) is 1. The molecule has 4 rings (SSSR count). The Morgan fingerprint density at radius 1 is 0.902 bits per heavy atom. The lowest BCUT2D eigenvalue weighted by Crippen LogP contribution is -2.50. The van der Waals surface area contributed by atoms with Gasteiger partial charge in [0.1, 0.15) is 12.4 Å². The van der Waals surface area contributed by atoms with Crippen LogP contribution in [0.4, 0.5) is 18.9 Å². The number of nitrogens with zero attached hydrogens (tertiary/aromatic N) is 2. The molecule has 3 aromatic rings. The number of amides is 2. The van der Waals surface area contributed by atoms with Crippen molar-refractivity contribution in [2.45, 2.75) is 39.0 Å². The Hall–Kier alpha value is -3.56. The summed E-state index contributed by atoms with van der Waals surface area (Å²) in [5.41, 5.74) is 1.84. The number of nitrogens with one attached hydrogen (secondary N) is 1. The van der Waals surface area contributed by atoms with Crippen LogP contribution in [-0.2, 0) is 23.0 Å². The molecule has 0 aliphatic carbocycles. The van der Waals surface area contributed by atoms with Gasteiger partial charge in [0, 0.05) is 37.4 Å². The number of alkyl halides is 3. The van der Waals surface area contributed by atoms with Gasteiger partial charge in [-0.05, 0) is 59.0 Å². The summed E-state index contributed by atoms with van der Waals surface area (Å²) in [5, 5.41) is 2.06. The number of benzene rings is 3. The first-order valence-corrected chi connectivity index (χ1v) is 13.7. The monoisotopic (exact) mass is 587 g/mol. The SMILES string of the molecule is CC(C)(C)c1ccc(OCc2ccc(C(=O)N3CCN(CC(=O)Nc4ccc(Cl)c(C(F)(F)F)c4)CC3)cc2)cc1. The van der Waals surface area contributed by atoms with Gasteiger partial charge in [0.2, 0.25) is 5.91 Å². The number of rotatable bonds is 7. The number of hydrogen-bond donors (Lipinski definition) is 1. The van der Waals surface area contributed by atoms with E-state index in [0.29, 0.717) is 38.3 Å². The minimum absolute atomic E-state index is 0.000360. The van der Waals surface area contributed by atoms with Crippen molar-refractivity contribution < 1.29 is 27.5 Å². The normalized spacial score (nSPS) is 14.6. The molecule has 0 atom stereocenters. The van der Waals surface area contributed by atoms with Gasteiger partial charge in [-0.3, -0.25) is 14.5 Å². The molecule has 0 aromatic heterocycles. The van der Waals surface area contributed by atoms with Gasteiger partial charge in [-0.25, -0.2) is 0 Å². The summed E-state index contributed by atoms with van der Waals surface area (Å²) in [6.07, 6.45) is -4.62. The van der Waals surface area contributed by atoms with Gasteiger partial charge in [-0.1, -0.05) is 56.6 Å². The fourth-order valence-corrected chi connectivity index (χ4v) is 4.70. The van der Waals surface area contributed by atoms with Gasteiger partial charge >= 0.3 is 6.18 Å². The van der Waals surface area contributed by atoms with Crippen molar-refractivity contribution in [3.63, 3.8) is 0 Å². The Morgan fingerprint density at radius 3 is 2.12 bits per heavy atom. The van der Waals surface area contributed by atoms with E-state index < -0.39 is 22.7 Å². The summed E-state index contributed by atoms with van der Waals surface area (Å²) in [6.45, 7) is 8.67. The maximum atomic E-state index is 13.1. The van der Waals surface area contributed by atoms with Crippen LogP contribution in [0.3, 0.4) is 0 Å². The van der Waals surface area contributed by atoms with E-state index in [-0.39, 0.29) is 23.6 Å². The first-order valence-electron chi connectivity index (χ1n) is 13.3. The molecule has 0 saturated carbocycles. The highest BCUT2D eigenvalue weighted by atomic mass is 35.5. The molecule has 1 heterocycles. The molecule has 10 heteroatoms. The summed E-state index contributed by atoms with van der Waals surface area (Å²) in [6, 6.07) is 18.6. The summed E-state index contributed by atoms with van der Waals surface area (Å²) in [7, 11) is 0. The maximum absolute atomic E-state index is 13.1. The van der Waals surface area contributed by atoms with Gasteiger partial charge in [-0.15, -0.1) is 0 Å². The van der Waals surface area contributed by atoms with Crippen LogP contribution in [0.2, 0.25) is 5.02 Å². The highest BCUT2D eigenvalue weighted by Crippen LogP contribution is 2.36. The summed E-state index contributed by atoms with van der Waals surface area (Å²) in [4.78, 5) is 29.0. The smallest absolute Gasteiger partial charge is 0.417 e. The minimum atomic E-state index is -4.62. The van der Waals surface area contributed by atoms with Crippen LogP contribution in [0.15, 0.2) is 66.7 Å². The van der Waals surface area contributed by atoms with Gasteiger partial charge < -0.3 is 15.0 Å². The molecule has 41 heavy (non-hydrogen) atoms. The third kappa shape index (κ3) is 8.24. The van der Waals surface area contributed by atoms with Crippen molar-refractivity contribution in [1.82, 2.24) is 9.80 Å². The van der Waals surface area contributed by atoms with Crippen molar-refractivity contribution in [3.8, 4) is 5.75 Å². The zero-order valence-corrected chi connectivity index (χ0v) is 24.0. The topological polar surface area (TPSA) is 61.9 Å². The molecule has 218 valence electrons. The van der Waals surface area contributed by atoms with Crippen LogP contribution in [-0.4, -0.2) is 54.3 Å². The van der Waals surface area contributed by atoms with Crippen molar-refractivity contribution in [3.05, 3.63) is 94.0 Å². The summed E-state index contributed by atoms with van der Waals surface area (Å²) >= 11 is 5.64. The quantitative estimate of drug-likeness (QED) is 0.337. The fraction of sp³-hybridized carbons (Fsp3) is 0.355. The molecule has 6 nitrogen and oxygen atoms in total. The van der Waals surface area contributed by atoms with E-state index in [1.54, 1.807) is 17.0 Å². The Bertz CT molecular complexity index is 1360. The number of hydrogen-bond acceptors (Lipinski definition) is 4. The van der Waals surface area contributed by atoms with Crippen LogP contribution < -0.4 is 10.1 Å². The number of halogens is 4. The Labute approximate surface area is 243 Å². The van der Waals surface area contributed by atoms with Crippen molar-refractivity contribution in [2.24, 2.45) is 0 Å². The standard InChI is InChI=1S/C31H33ClF3N3O3/c1-30(2,3)23-8-11-25(12-9-23)41-20-21-4-6-22(7-5-21)29(40)38-16-14-37(15-17-38)19-28(39)36-24-10-13-27(32)26(18-24)31(33,34)35/h4-13,18H,14-17,19-20H2,1-3H3,(H,36,39). The lowest BCUT2D eigenvalue weighted by molar-refractivity contribution is -0.137. The molecule has 0 radical (unpaired) electrons. The second-order valence-electron chi connectivity index (χ2n) is 11.1. The largest absolute Gasteiger partial charge is 0.489 e. The zero-order chi connectivity index (χ0) is 29.8. The van der Waals surface area contributed by atoms with Gasteiger partial charge in [0.15, 0.2) is 0 Å². The molecule has 1 N–H and O–H groups in total. The van der Waals surface area contributed by atoms with E-state index in [9.17, 15) is 22.8 Å². The van der Waals surface area contributed by atoms with Crippen LogP contribution >= 0.6 is 11.6 Å². The lowest BCUT2D eigenvalue weighted by atomic mass is 9.87. The highest BCUT2D eigenvalue weighted by Gasteiger charge is 2.33. The lowest BCUT2D eigenvalue weighted by Gasteiger charge is -2.34. The van der Waals surface area contributed by atoms with Gasteiger partial charge in [0.05, 0.1) is 17.1 Å². The second kappa shape index (κ2) is 12.5. The van der Waals surface area contributed by atoms with Crippen LogP contribution in [0.5, 0.6) is 5.75 Å². The molecule has 0 bridgehead atoms. The predicted molar refractivity (Wildman–Crippen MR) is 153 cm³/mol. The summed E-state index contributed by atoms with van der Waals surface area (Å²) < 4.78 is 45.1. The van der Waals surface area contributed by atoms with E-state index in [0.717, 1.165) is 23.4 Å². The summed E-state index contributed by atoms with van der Waals surface area (Å²) in [5.74, 6) is 0.243. The average Bonchev–Trinajstić information content (AvgIpc) is 2.92. The Kier molecular flexibility index (Phi) is 9.29. The molecule has 2 amide bonds. The van der Waals surface area contributed by atoms with Crippen LogP contribution in [0, 0.1) is 0 Å². The van der Waals surface area contributed by atoms with Crippen molar-refractivity contribution in [2.75, 3.05) is 38.0 Å². The molecule has 1 saturated heterocycles. The second-order valence-corrected chi connectivity index (χ2v) is 11.5. The van der Waals surface area contributed by atoms with Gasteiger partial charge in [-0.2, -0.15) is 13.2 Å². The Balaban J connectivity index is 1.23. The number of anilines is 1. The predicted octanol–water partition coefficient (Wildman–Crippen LogP) is 6.63. The van der Waals surface area contributed by atoms with E-state index >= 15 is 0 Å². The van der Waals surface area contributed by atoms with E-state index in [4.69, 9.17) is 16.3 Å². The van der Waals surface area contributed by atoms with Crippen LogP contribution in [0.1, 0.15) is 47.8 Å². The zero-order valence-electron chi connectivity index (χ0n) is 23.2. The molecule has 0 unspecified atom stereocenters. The third-order valence-electron chi connectivity index (χ3n) is 6.91. The maximum Gasteiger partial charge on any atom is 0.417 e. The number of piperazine rings is 1. The van der Waals surface area contributed by atoms with E-state index in [1.165, 1.54) is 11.6 Å². The number of carbonyl (C=O) groups excluding carboxylic acids is 2.